The van der Waals surface area contributed by atoms with Crippen molar-refractivity contribution in [2.45, 2.75) is 111 Å². The fourth-order valence-corrected chi connectivity index (χ4v) is 6.26. The van der Waals surface area contributed by atoms with Crippen molar-refractivity contribution in [1.82, 2.24) is 4.90 Å². The summed E-state index contributed by atoms with van der Waals surface area (Å²) in [5, 5.41) is 0. The van der Waals surface area contributed by atoms with Crippen molar-refractivity contribution in [3.63, 3.8) is 0 Å². The van der Waals surface area contributed by atoms with E-state index in [1.807, 2.05) is 6.07 Å². The molecule has 0 saturated carbocycles. The van der Waals surface area contributed by atoms with Gasteiger partial charge >= 0.3 is 0 Å². The zero-order chi connectivity index (χ0) is 31.7. The van der Waals surface area contributed by atoms with Crippen LogP contribution < -0.4 is 18.9 Å². The molecule has 0 saturated heterocycles. The third-order valence-electron chi connectivity index (χ3n) is 9.20. The van der Waals surface area contributed by atoms with Crippen molar-refractivity contribution >= 4 is 0 Å². The Kier molecular flexibility index (Phi) is 12.0. The molecule has 1 atom stereocenters. The predicted octanol–water partition coefficient (Wildman–Crippen LogP) is 9.69. The van der Waals surface area contributed by atoms with Gasteiger partial charge in [-0.2, -0.15) is 0 Å². The van der Waals surface area contributed by atoms with Crippen molar-refractivity contribution in [2.75, 3.05) is 27.5 Å². The Labute approximate surface area is 266 Å². The molecule has 240 valence electrons. The molecule has 2 heterocycles. The second-order valence-electron chi connectivity index (χ2n) is 13.3. The Morgan fingerprint density at radius 1 is 0.932 bits per heavy atom. The van der Waals surface area contributed by atoms with Crippen LogP contribution in [0.4, 0.5) is 0 Å². The Balaban J connectivity index is 1.31. The lowest BCUT2D eigenvalue weighted by Crippen LogP contribution is -2.38. The largest absolute Gasteiger partial charge is 0.493 e. The van der Waals surface area contributed by atoms with Crippen LogP contribution in [0, 0.1) is 6.92 Å². The number of hydrogen-bond acceptors (Lipinski definition) is 5. The quantitative estimate of drug-likeness (QED) is 0.202. The van der Waals surface area contributed by atoms with Gasteiger partial charge in [-0.05, 0) is 134 Å². The molecule has 4 rings (SSSR count). The van der Waals surface area contributed by atoms with Gasteiger partial charge in [-0.3, -0.25) is 4.90 Å². The minimum absolute atomic E-state index is 0.146. The topological polar surface area (TPSA) is 40.2 Å². The molecule has 5 nitrogen and oxygen atoms in total. The molecule has 0 N–H and O–H groups in total. The van der Waals surface area contributed by atoms with Gasteiger partial charge in [-0.15, -0.1) is 0 Å². The SMILES string of the molecule is COc1ccc(CCN2COc3cc4c(c(C)c3C2)O[C@](C)(CC/C=C(\C)CC/C=C(\C)CCC=C(C)C)CC4)cc1OC. The minimum Gasteiger partial charge on any atom is -0.493 e. The maximum Gasteiger partial charge on any atom is 0.160 e. The molecule has 0 fully saturated rings. The highest BCUT2D eigenvalue weighted by atomic mass is 16.5. The second-order valence-corrected chi connectivity index (χ2v) is 13.3. The van der Waals surface area contributed by atoms with Crippen LogP contribution in [-0.4, -0.2) is 38.0 Å². The summed E-state index contributed by atoms with van der Waals surface area (Å²) in [6, 6.07) is 8.39. The standard InChI is InChI=1S/C39H55NO4/c1-28(2)12-9-13-29(3)14-10-15-30(4)16-11-21-39(6)22-19-33-25-36-34(31(5)38(33)44-39)26-40(27-43-36)23-20-32-17-18-35(41-7)37(24-32)42-8/h12,14,16-18,24-25H,9-11,13,15,19-23,26-27H2,1-8H3/b29-14+,30-16+/t39-/m1/s1. The molecule has 0 bridgehead atoms. The monoisotopic (exact) mass is 601 g/mol. The van der Waals surface area contributed by atoms with Crippen LogP contribution in [-0.2, 0) is 19.4 Å². The second kappa shape index (κ2) is 15.7. The maximum absolute atomic E-state index is 6.83. The molecule has 0 unspecified atom stereocenters. The first-order chi connectivity index (χ1) is 21.1. The highest BCUT2D eigenvalue weighted by Gasteiger charge is 2.34. The van der Waals surface area contributed by atoms with Crippen molar-refractivity contribution in [3.05, 3.63) is 81.5 Å². The number of nitrogens with zero attached hydrogens (tertiary/aromatic N) is 1. The average molecular weight is 602 g/mol. The highest BCUT2D eigenvalue weighted by molar-refractivity contribution is 5.55. The van der Waals surface area contributed by atoms with E-state index in [2.05, 4.69) is 82.9 Å². The van der Waals surface area contributed by atoms with Crippen LogP contribution in [0.25, 0.3) is 0 Å². The van der Waals surface area contributed by atoms with E-state index in [4.69, 9.17) is 18.9 Å². The molecule has 0 spiro atoms. The summed E-state index contributed by atoms with van der Waals surface area (Å²) in [6.45, 7) is 15.8. The van der Waals surface area contributed by atoms with Crippen LogP contribution in [0.15, 0.2) is 59.2 Å². The molecule has 2 aliphatic heterocycles. The smallest absolute Gasteiger partial charge is 0.160 e. The molecule has 0 aliphatic carbocycles. The van der Waals surface area contributed by atoms with Gasteiger partial charge in [0.05, 0.1) is 14.2 Å². The average Bonchev–Trinajstić information content (AvgIpc) is 3.00. The van der Waals surface area contributed by atoms with Crippen molar-refractivity contribution in [3.8, 4) is 23.0 Å². The summed E-state index contributed by atoms with van der Waals surface area (Å²) in [5.74, 6) is 3.63. The number of hydrogen-bond donors (Lipinski definition) is 0. The zero-order valence-electron chi connectivity index (χ0n) is 28.6. The zero-order valence-corrected chi connectivity index (χ0v) is 28.6. The van der Waals surface area contributed by atoms with Crippen molar-refractivity contribution < 1.29 is 18.9 Å². The number of aryl methyl sites for hydroxylation is 1. The van der Waals surface area contributed by atoms with Gasteiger partial charge in [0.2, 0.25) is 0 Å². The Morgan fingerprint density at radius 3 is 2.34 bits per heavy atom. The summed E-state index contributed by atoms with van der Waals surface area (Å²) in [4.78, 5) is 2.37. The number of ether oxygens (including phenoxy) is 4. The lowest BCUT2D eigenvalue weighted by atomic mass is 9.86. The van der Waals surface area contributed by atoms with Crippen molar-refractivity contribution in [2.24, 2.45) is 0 Å². The third kappa shape index (κ3) is 9.17. The number of rotatable bonds is 14. The molecule has 0 amide bonds. The van der Waals surface area contributed by atoms with E-state index in [0.29, 0.717) is 6.73 Å². The molecule has 2 aromatic rings. The number of methoxy groups -OCH3 is 2. The third-order valence-corrected chi connectivity index (χ3v) is 9.20. The summed E-state index contributed by atoms with van der Waals surface area (Å²) in [7, 11) is 3.35. The fraction of sp³-hybridized carbons (Fsp3) is 0.538. The van der Waals surface area contributed by atoms with E-state index in [1.54, 1.807) is 14.2 Å². The molecule has 2 aromatic carbocycles. The summed E-state index contributed by atoms with van der Waals surface area (Å²) < 4.78 is 24.0. The van der Waals surface area contributed by atoms with E-state index in [-0.39, 0.29) is 5.60 Å². The Morgan fingerprint density at radius 2 is 1.64 bits per heavy atom. The van der Waals surface area contributed by atoms with Crippen molar-refractivity contribution in [1.29, 1.82) is 0 Å². The number of benzene rings is 2. The van der Waals surface area contributed by atoms with E-state index in [1.165, 1.54) is 39.0 Å². The van der Waals surface area contributed by atoms with Gasteiger partial charge in [-0.1, -0.05) is 41.0 Å². The van der Waals surface area contributed by atoms with Crippen LogP contribution >= 0.6 is 0 Å². The number of allylic oxidation sites excluding steroid dienone is 6. The molecule has 44 heavy (non-hydrogen) atoms. The molecule has 2 aliphatic rings. The fourth-order valence-electron chi connectivity index (χ4n) is 6.26. The predicted molar refractivity (Wildman–Crippen MR) is 182 cm³/mol. The van der Waals surface area contributed by atoms with Crippen LogP contribution in [0.5, 0.6) is 23.0 Å². The lowest BCUT2D eigenvalue weighted by molar-refractivity contribution is 0.0540. The molecular formula is C39H55NO4. The van der Waals surface area contributed by atoms with E-state index in [0.717, 1.165) is 93.9 Å². The first-order valence-corrected chi connectivity index (χ1v) is 16.5. The van der Waals surface area contributed by atoms with Gasteiger partial charge in [0, 0.05) is 18.7 Å². The van der Waals surface area contributed by atoms with Crippen LogP contribution in [0.1, 0.15) is 102 Å². The van der Waals surface area contributed by atoms with Gasteiger partial charge < -0.3 is 18.9 Å². The maximum atomic E-state index is 6.83. The summed E-state index contributed by atoms with van der Waals surface area (Å²) in [6.07, 6.45) is 16.8. The first kappa shape index (κ1) is 33.7. The summed E-state index contributed by atoms with van der Waals surface area (Å²) >= 11 is 0. The Bertz CT molecular complexity index is 1370. The Hall–Kier alpha value is -3.18. The number of fused-ring (bicyclic) bond motifs is 2. The molecule has 5 heteroatoms. The molecule has 0 radical (unpaired) electrons. The summed E-state index contributed by atoms with van der Waals surface area (Å²) in [5.41, 5.74) is 9.24. The van der Waals surface area contributed by atoms with Crippen LogP contribution in [0.2, 0.25) is 0 Å². The van der Waals surface area contributed by atoms with Gasteiger partial charge in [0.25, 0.3) is 0 Å². The van der Waals surface area contributed by atoms with Gasteiger partial charge in [-0.25, -0.2) is 0 Å². The van der Waals surface area contributed by atoms with E-state index < -0.39 is 0 Å². The molecule has 0 aromatic heterocycles. The van der Waals surface area contributed by atoms with Crippen LogP contribution in [0.3, 0.4) is 0 Å². The lowest BCUT2D eigenvalue weighted by Gasteiger charge is -2.39. The molecular weight excluding hydrogens is 546 g/mol. The van der Waals surface area contributed by atoms with Gasteiger partial charge in [0.1, 0.15) is 23.8 Å². The highest BCUT2D eigenvalue weighted by Crippen LogP contribution is 2.44. The normalized spacial score (nSPS) is 18.5. The van der Waals surface area contributed by atoms with Gasteiger partial charge in [0.15, 0.2) is 11.5 Å². The van der Waals surface area contributed by atoms with E-state index in [9.17, 15) is 0 Å². The van der Waals surface area contributed by atoms with E-state index >= 15 is 0 Å². The minimum atomic E-state index is -0.146. The first-order valence-electron chi connectivity index (χ1n) is 16.5.